The number of hydrogen-bond acceptors (Lipinski definition) is 4. The molecule has 2 heterocycles. The fraction of sp³-hybridized carbons (Fsp3) is 0.350. The van der Waals surface area contributed by atoms with E-state index in [4.69, 9.17) is 14.5 Å². The van der Waals surface area contributed by atoms with Crippen molar-refractivity contribution in [1.82, 2.24) is 9.55 Å². The number of benzene rings is 1. The highest BCUT2D eigenvalue weighted by Crippen LogP contribution is 2.26. The molecule has 0 atom stereocenters. The standard InChI is InChI=1S/C20H24N2O2S/c1-4-5-12-22-15(2)6-11-19(22)18-14-25-20(21-18)13-24-17-9-7-16(23-3)8-10-17/h6-11,14H,4-5,12-13H2,1-3H3. The number of rotatable bonds is 8. The predicted octanol–water partition coefficient (Wildman–Crippen LogP) is 5.31. The van der Waals surface area contributed by atoms with Gasteiger partial charge in [0.1, 0.15) is 23.1 Å². The van der Waals surface area contributed by atoms with E-state index in [0.717, 1.165) is 28.7 Å². The van der Waals surface area contributed by atoms with Gasteiger partial charge in [0.15, 0.2) is 0 Å². The zero-order valence-corrected chi connectivity index (χ0v) is 15.8. The molecule has 3 aromatic rings. The molecule has 2 aromatic heterocycles. The summed E-state index contributed by atoms with van der Waals surface area (Å²) in [5.74, 6) is 1.65. The SMILES string of the molecule is CCCCn1c(C)ccc1-c1csc(COc2ccc(OC)cc2)n1. The summed E-state index contributed by atoms with van der Waals surface area (Å²) >= 11 is 1.64. The molecule has 0 radical (unpaired) electrons. The van der Waals surface area contributed by atoms with Crippen LogP contribution in [0.1, 0.15) is 30.5 Å². The Morgan fingerprint density at radius 3 is 2.56 bits per heavy atom. The summed E-state index contributed by atoms with van der Waals surface area (Å²) in [6.45, 7) is 5.89. The van der Waals surface area contributed by atoms with Crippen LogP contribution in [-0.4, -0.2) is 16.7 Å². The van der Waals surface area contributed by atoms with Gasteiger partial charge in [-0.15, -0.1) is 11.3 Å². The Kier molecular flexibility index (Phi) is 5.76. The molecule has 0 bridgehead atoms. The van der Waals surface area contributed by atoms with Gasteiger partial charge in [-0.25, -0.2) is 4.98 Å². The van der Waals surface area contributed by atoms with Crippen LogP contribution < -0.4 is 9.47 Å². The van der Waals surface area contributed by atoms with Gasteiger partial charge in [-0.1, -0.05) is 13.3 Å². The molecule has 0 N–H and O–H groups in total. The van der Waals surface area contributed by atoms with Crippen LogP contribution in [0.3, 0.4) is 0 Å². The zero-order valence-electron chi connectivity index (χ0n) is 15.0. The van der Waals surface area contributed by atoms with E-state index in [0.29, 0.717) is 6.61 Å². The number of ether oxygens (including phenoxy) is 2. The van der Waals surface area contributed by atoms with Crippen LogP contribution in [0.15, 0.2) is 41.8 Å². The smallest absolute Gasteiger partial charge is 0.140 e. The lowest BCUT2D eigenvalue weighted by atomic mass is 10.3. The second-order valence-electron chi connectivity index (χ2n) is 5.96. The topological polar surface area (TPSA) is 36.3 Å². The molecule has 0 unspecified atom stereocenters. The average molecular weight is 356 g/mol. The van der Waals surface area contributed by atoms with E-state index in [1.54, 1.807) is 18.4 Å². The second-order valence-corrected chi connectivity index (χ2v) is 6.90. The number of aromatic nitrogens is 2. The summed E-state index contributed by atoms with van der Waals surface area (Å²) in [5, 5.41) is 3.09. The number of aryl methyl sites for hydroxylation is 1. The van der Waals surface area contributed by atoms with E-state index in [1.165, 1.54) is 24.2 Å². The minimum absolute atomic E-state index is 0.478. The maximum atomic E-state index is 5.83. The Bertz CT molecular complexity index is 805. The Labute approximate surface area is 153 Å². The van der Waals surface area contributed by atoms with Gasteiger partial charge in [0.25, 0.3) is 0 Å². The van der Waals surface area contributed by atoms with Crippen molar-refractivity contribution in [3.05, 3.63) is 52.5 Å². The molecule has 0 saturated heterocycles. The molecule has 5 heteroatoms. The molecule has 3 rings (SSSR count). The molecule has 0 fully saturated rings. The number of thiazole rings is 1. The Balaban J connectivity index is 1.68. The Morgan fingerprint density at radius 2 is 1.84 bits per heavy atom. The van der Waals surface area contributed by atoms with Crippen LogP contribution in [0, 0.1) is 6.92 Å². The van der Waals surface area contributed by atoms with Crippen molar-refractivity contribution >= 4 is 11.3 Å². The molecule has 0 aliphatic heterocycles. The molecule has 1 aromatic carbocycles. The molecular formula is C20H24N2O2S. The van der Waals surface area contributed by atoms with Gasteiger partial charge in [-0.05, 0) is 49.7 Å². The monoisotopic (exact) mass is 356 g/mol. The molecule has 0 spiro atoms. The van der Waals surface area contributed by atoms with Crippen LogP contribution in [0.5, 0.6) is 11.5 Å². The molecule has 0 saturated carbocycles. The largest absolute Gasteiger partial charge is 0.497 e. The van der Waals surface area contributed by atoms with Crippen LogP contribution >= 0.6 is 11.3 Å². The van der Waals surface area contributed by atoms with Gasteiger partial charge in [0.2, 0.25) is 0 Å². The van der Waals surface area contributed by atoms with E-state index >= 15 is 0 Å². The average Bonchev–Trinajstić information content (AvgIpc) is 3.25. The fourth-order valence-corrected chi connectivity index (χ4v) is 3.42. The van der Waals surface area contributed by atoms with Gasteiger partial charge in [-0.2, -0.15) is 0 Å². The first kappa shape index (κ1) is 17.5. The minimum Gasteiger partial charge on any atom is -0.497 e. The maximum Gasteiger partial charge on any atom is 0.140 e. The highest BCUT2D eigenvalue weighted by Gasteiger charge is 2.11. The van der Waals surface area contributed by atoms with Gasteiger partial charge in [-0.3, -0.25) is 0 Å². The van der Waals surface area contributed by atoms with Crippen molar-refractivity contribution in [2.75, 3.05) is 7.11 Å². The van der Waals surface area contributed by atoms with Crippen molar-refractivity contribution in [1.29, 1.82) is 0 Å². The fourth-order valence-electron chi connectivity index (χ4n) is 2.72. The molecule has 0 aliphatic carbocycles. The maximum absolute atomic E-state index is 5.83. The van der Waals surface area contributed by atoms with Crippen molar-refractivity contribution in [2.24, 2.45) is 0 Å². The van der Waals surface area contributed by atoms with Gasteiger partial charge < -0.3 is 14.0 Å². The number of hydrogen-bond donors (Lipinski definition) is 0. The van der Waals surface area contributed by atoms with Crippen molar-refractivity contribution in [3.63, 3.8) is 0 Å². The first-order chi connectivity index (χ1) is 12.2. The van der Waals surface area contributed by atoms with Crippen LogP contribution in [0.25, 0.3) is 11.4 Å². The van der Waals surface area contributed by atoms with Crippen LogP contribution in [0.2, 0.25) is 0 Å². The zero-order chi connectivity index (χ0) is 17.6. The summed E-state index contributed by atoms with van der Waals surface area (Å²) in [6, 6.07) is 11.9. The third-order valence-corrected chi connectivity index (χ3v) is 4.99. The first-order valence-electron chi connectivity index (χ1n) is 8.59. The van der Waals surface area contributed by atoms with Crippen molar-refractivity contribution < 1.29 is 9.47 Å². The van der Waals surface area contributed by atoms with Gasteiger partial charge in [0, 0.05) is 17.6 Å². The lowest BCUT2D eigenvalue weighted by molar-refractivity contribution is 0.305. The van der Waals surface area contributed by atoms with E-state index in [2.05, 4.69) is 35.9 Å². The lowest BCUT2D eigenvalue weighted by Crippen LogP contribution is -2.02. The number of methoxy groups -OCH3 is 1. The number of unbranched alkanes of at least 4 members (excludes halogenated alkanes) is 1. The third kappa shape index (κ3) is 4.23. The van der Waals surface area contributed by atoms with E-state index in [9.17, 15) is 0 Å². The first-order valence-corrected chi connectivity index (χ1v) is 9.47. The number of nitrogens with zero attached hydrogens (tertiary/aromatic N) is 2. The summed E-state index contributed by atoms with van der Waals surface area (Å²) in [7, 11) is 1.66. The van der Waals surface area contributed by atoms with Gasteiger partial charge >= 0.3 is 0 Å². The van der Waals surface area contributed by atoms with E-state index < -0.39 is 0 Å². The highest BCUT2D eigenvalue weighted by molar-refractivity contribution is 7.09. The molecule has 0 aliphatic rings. The van der Waals surface area contributed by atoms with Gasteiger partial charge in [0.05, 0.1) is 18.5 Å². The molecule has 25 heavy (non-hydrogen) atoms. The van der Waals surface area contributed by atoms with Crippen LogP contribution in [-0.2, 0) is 13.2 Å². The second kappa shape index (κ2) is 8.21. The highest BCUT2D eigenvalue weighted by atomic mass is 32.1. The van der Waals surface area contributed by atoms with Crippen molar-refractivity contribution in [3.8, 4) is 22.9 Å². The summed E-state index contributed by atoms with van der Waals surface area (Å²) in [6.07, 6.45) is 2.37. The molecule has 4 nitrogen and oxygen atoms in total. The Hall–Kier alpha value is -2.27. The summed E-state index contributed by atoms with van der Waals surface area (Å²) in [4.78, 5) is 4.76. The van der Waals surface area contributed by atoms with Crippen molar-refractivity contribution in [2.45, 2.75) is 39.8 Å². The molecular weight excluding hydrogens is 332 g/mol. The van der Waals surface area contributed by atoms with E-state index in [1.807, 2.05) is 24.3 Å². The normalized spacial score (nSPS) is 10.8. The summed E-state index contributed by atoms with van der Waals surface area (Å²) < 4.78 is 13.3. The van der Waals surface area contributed by atoms with Crippen LogP contribution in [0.4, 0.5) is 0 Å². The predicted molar refractivity (Wildman–Crippen MR) is 103 cm³/mol. The molecule has 0 amide bonds. The summed E-state index contributed by atoms with van der Waals surface area (Å²) in [5.41, 5.74) is 3.51. The quantitative estimate of drug-likeness (QED) is 0.549. The lowest BCUT2D eigenvalue weighted by Gasteiger charge is -2.09. The minimum atomic E-state index is 0.478. The third-order valence-electron chi connectivity index (χ3n) is 4.17. The molecule has 132 valence electrons. The Morgan fingerprint density at radius 1 is 1.08 bits per heavy atom. The van der Waals surface area contributed by atoms with E-state index in [-0.39, 0.29) is 0 Å².